The van der Waals surface area contributed by atoms with Gasteiger partial charge in [-0.2, -0.15) is 0 Å². The number of amides is 1. The summed E-state index contributed by atoms with van der Waals surface area (Å²) >= 11 is 0. The van der Waals surface area contributed by atoms with E-state index in [0.29, 0.717) is 6.54 Å². The lowest BCUT2D eigenvalue weighted by molar-refractivity contribution is 0.0773. The van der Waals surface area contributed by atoms with Crippen LogP contribution in [0.1, 0.15) is 28.8 Å². The van der Waals surface area contributed by atoms with Crippen LogP contribution in [0.5, 0.6) is 0 Å². The Kier molecular flexibility index (Phi) is 4.38. The standard InChI is InChI=1S/C22H22N2O/c25-22(20-6-2-1-3-7-20)24-16-12-19(13-17-24)18-8-10-21(11-9-18)23-14-4-5-15-23/h1-4,6-12,14H,5,13,15-17H2. The summed E-state index contributed by atoms with van der Waals surface area (Å²) in [5.41, 5.74) is 4.61. The van der Waals surface area contributed by atoms with Crippen LogP contribution in [0.3, 0.4) is 0 Å². The van der Waals surface area contributed by atoms with E-state index < -0.39 is 0 Å². The van der Waals surface area contributed by atoms with Gasteiger partial charge in [0.1, 0.15) is 0 Å². The molecule has 2 aliphatic rings. The highest BCUT2D eigenvalue weighted by molar-refractivity contribution is 5.94. The number of rotatable bonds is 3. The smallest absolute Gasteiger partial charge is 0.254 e. The van der Waals surface area contributed by atoms with Crippen molar-refractivity contribution in [3.05, 3.63) is 84.1 Å². The Hall–Kier alpha value is -2.81. The van der Waals surface area contributed by atoms with Crippen molar-refractivity contribution in [1.82, 2.24) is 4.90 Å². The molecule has 2 aliphatic heterocycles. The van der Waals surface area contributed by atoms with Gasteiger partial charge in [0.25, 0.3) is 5.91 Å². The molecule has 0 radical (unpaired) electrons. The number of carbonyl (C=O) groups is 1. The third kappa shape index (κ3) is 3.36. The van der Waals surface area contributed by atoms with Crippen LogP contribution in [0.15, 0.2) is 72.9 Å². The Labute approximate surface area is 148 Å². The average molecular weight is 330 g/mol. The minimum atomic E-state index is 0.118. The van der Waals surface area contributed by atoms with Crippen LogP contribution in [0, 0.1) is 0 Å². The molecule has 3 heteroatoms. The molecule has 126 valence electrons. The van der Waals surface area contributed by atoms with Crippen LogP contribution in [0.2, 0.25) is 0 Å². The largest absolute Gasteiger partial charge is 0.348 e. The normalized spacial score (nSPS) is 16.9. The molecule has 0 aromatic heterocycles. The zero-order valence-electron chi connectivity index (χ0n) is 14.3. The van der Waals surface area contributed by atoms with Crippen molar-refractivity contribution in [3.8, 4) is 0 Å². The maximum atomic E-state index is 12.5. The summed E-state index contributed by atoms with van der Waals surface area (Å²) in [6, 6.07) is 18.3. The lowest BCUT2D eigenvalue weighted by Gasteiger charge is -2.27. The lowest BCUT2D eigenvalue weighted by atomic mass is 9.98. The number of carbonyl (C=O) groups excluding carboxylic acids is 1. The molecule has 0 spiro atoms. The molecule has 0 N–H and O–H groups in total. The van der Waals surface area contributed by atoms with Gasteiger partial charge in [0.2, 0.25) is 0 Å². The van der Waals surface area contributed by atoms with Gasteiger partial charge < -0.3 is 9.80 Å². The number of nitrogens with zero attached hydrogens (tertiary/aromatic N) is 2. The van der Waals surface area contributed by atoms with E-state index >= 15 is 0 Å². The van der Waals surface area contributed by atoms with Crippen LogP contribution in [0.25, 0.3) is 5.57 Å². The van der Waals surface area contributed by atoms with Gasteiger partial charge in [0, 0.05) is 37.1 Å². The summed E-state index contributed by atoms with van der Waals surface area (Å²) in [5.74, 6) is 0.118. The maximum Gasteiger partial charge on any atom is 0.254 e. The second-order valence-corrected chi connectivity index (χ2v) is 6.51. The van der Waals surface area contributed by atoms with Crippen LogP contribution in [-0.2, 0) is 0 Å². The molecule has 0 bridgehead atoms. The third-order valence-corrected chi connectivity index (χ3v) is 4.91. The fraction of sp³-hybridized carbons (Fsp3) is 0.227. The van der Waals surface area contributed by atoms with Crippen LogP contribution in [0.4, 0.5) is 5.69 Å². The first-order valence-electron chi connectivity index (χ1n) is 8.88. The molecule has 1 amide bonds. The Balaban J connectivity index is 1.44. The van der Waals surface area contributed by atoms with Crippen molar-refractivity contribution in [3.63, 3.8) is 0 Å². The van der Waals surface area contributed by atoms with E-state index in [4.69, 9.17) is 0 Å². The Morgan fingerprint density at radius 2 is 1.72 bits per heavy atom. The van der Waals surface area contributed by atoms with Gasteiger partial charge in [-0.05, 0) is 48.2 Å². The summed E-state index contributed by atoms with van der Waals surface area (Å²) in [4.78, 5) is 16.7. The third-order valence-electron chi connectivity index (χ3n) is 4.91. The van der Waals surface area contributed by atoms with Gasteiger partial charge in [-0.15, -0.1) is 0 Å². The first-order valence-corrected chi connectivity index (χ1v) is 8.88. The number of hydrogen-bond donors (Lipinski definition) is 0. The van der Waals surface area contributed by atoms with E-state index in [0.717, 1.165) is 31.5 Å². The minimum Gasteiger partial charge on any atom is -0.348 e. The first kappa shape index (κ1) is 15.7. The van der Waals surface area contributed by atoms with E-state index in [2.05, 4.69) is 47.5 Å². The minimum absolute atomic E-state index is 0.118. The summed E-state index contributed by atoms with van der Waals surface area (Å²) < 4.78 is 0. The summed E-state index contributed by atoms with van der Waals surface area (Å²) in [6.45, 7) is 2.52. The van der Waals surface area contributed by atoms with E-state index in [1.807, 2.05) is 35.2 Å². The molecule has 2 heterocycles. The fourth-order valence-corrected chi connectivity index (χ4v) is 3.45. The summed E-state index contributed by atoms with van der Waals surface area (Å²) in [6.07, 6.45) is 8.58. The summed E-state index contributed by atoms with van der Waals surface area (Å²) in [7, 11) is 0. The highest BCUT2D eigenvalue weighted by Crippen LogP contribution is 2.26. The molecule has 25 heavy (non-hydrogen) atoms. The van der Waals surface area contributed by atoms with Gasteiger partial charge in [0.05, 0.1) is 0 Å². The second-order valence-electron chi connectivity index (χ2n) is 6.51. The molecular weight excluding hydrogens is 308 g/mol. The Morgan fingerprint density at radius 1 is 0.920 bits per heavy atom. The van der Waals surface area contributed by atoms with Crippen molar-refractivity contribution in [2.75, 3.05) is 24.5 Å². The fourth-order valence-electron chi connectivity index (χ4n) is 3.45. The zero-order valence-corrected chi connectivity index (χ0v) is 14.3. The van der Waals surface area contributed by atoms with Crippen molar-refractivity contribution < 1.29 is 4.79 Å². The molecule has 0 saturated heterocycles. The van der Waals surface area contributed by atoms with Crippen molar-refractivity contribution in [2.45, 2.75) is 12.8 Å². The van der Waals surface area contributed by atoms with Gasteiger partial charge in [0.15, 0.2) is 0 Å². The molecule has 2 aromatic carbocycles. The van der Waals surface area contributed by atoms with Gasteiger partial charge >= 0.3 is 0 Å². The van der Waals surface area contributed by atoms with Gasteiger partial charge in [-0.1, -0.05) is 42.5 Å². The zero-order chi connectivity index (χ0) is 17.1. The highest BCUT2D eigenvalue weighted by atomic mass is 16.2. The monoisotopic (exact) mass is 330 g/mol. The van der Waals surface area contributed by atoms with Crippen LogP contribution in [-0.4, -0.2) is 30.4 Å². The predicted octanol–water partition coefficient (Wildman–Crippen LogP) is 4.34. The Bertz CT molecular complexity index is 806. The first-order chi connectivity index (χ1) is 12.3. The Morgan fingerprint density at radius 3 is 2.36 bits per heavy atom. The van der Waals surface area contributed by atoms with Crippen molar-refractivity contribution >= 4 is 17.2 Å². The quantitative estimate of drug-likeness (QED) is 0.836. The molecule has 2 aromatic rings. The molecule has 0 aliphatic carbocycles. The average Bonchev–Trinajstić information content (AvgIpc) is 3.23. The van der Waals surface area contributed by atoms with Crippen molar-refractivity contribution in [1.29, 1.82) is 0 Å². The molecule has 3 nitrogen and oxygen atoms in total. The van der Waals surface area contributed by atoms with E-state index in [1.165, 1.54) is 16.8 Å². The molecule has 4 rings (SSSR count). The number of anilines is 1. The topological polar surface area (TPSA) is 23.6 Å². The lowest BCUT2D eigenvalue weighted by Crippen LogP contribution is -2.34. The predicted molar refractivity (Wildman–Crippen MR) is 102 cm³/mol. The van der Waals surface area contributed by atoms with Crippen LogP contribution < -0.4 is 4.90 Å². The molecule has 0 saturated carbocycles. The van der Waals surface area contributed by atoms with Gasteiger partial charge in [-0.25, -0.2) is 0 Å². The maximum absolute atomic E-state index is 12.5. The molecule has 0 atom stereocenters. The van der Waals surface area contributed by atoms with E-state index in [-0.39, 0.29) is 5.91 Å². The highest BCUT2D eigenvalue weighted by Gasteiger charge is 2.19. The van der Waals surface area contributed by atoms with Gasteiger partial charge in [-0.3, -0.25) is 4.79 Å². The van der Waals surface area contributed by atoms with E-state index in [9.17, 15) is 4.79 Å². The van der Waals surface area contributed by atoms with Crippen molar-refractivity contribution in [2.24, 2.45) is 0 Å². The molecular formula is C22H22N2O. The molecule has 0 unspecified atom stereocenters. The van der Waals surface area contributed by atoms with E-state index in [1.54, 1.807) is 0 Å². The number of benzene rings is 2. The molecule has 0 fully saturated rings. The SMILES string of the molecule is O=C(c1ccccc1)N1CC=C(c2ccc(N3C=CCC3)cc2)CC1. The second kappa shape index (κ2) is 6.98. The van der Waals surface area contributed by atoms with Crippen LogP contribution >= 0.6 is 0 Å². The number of hydrogen-bond acceptors (Lipinski definition) is 2. The summed E-state index contributed by atoms with van der Waals surface area (Å²) in [5, 5.41) is 0.